The van der Waals surface area contributed by atoms with Crippen molar-refractivity contribution in [3.05, 3.63) is 56.9 Å². The summed E-state index contributed by atoms with van der Waals surface area (Å²) in [4.78, 5) is 12.3. The number of hydrogen-bond donors (Lipinski definition) is 4. The van der Waals surface area contributed by atoms with Gasteiger partial charge in [0.2, 0.25) is 0 Å². The van der Waals surface area contributed by atoms with Crippen molar-refractivity contribution in [3.8, 4) is 0 Å². The Labute approximate surface area is 159 Å². The summed E-state index contributed by atoms with van der Waals surface area (Å²) < 4.78 is 14.8. The van der Waals surface area contributed by atoms with E-state index in [4.69, 9.17) is 5.11 Å². The Bertz CT molecular complexity index is 755. The largest absolute Gasteiger partial charge is 0.394 e. The monoisotopic (exact) mass is 458 g/mol. The summed E-state index contributed by atoms with van der Waals surface area (Å²) in [6, 6.07) is 9.70. The van der Waals surface area contributed by atoms with Gasteiger partial charge in [0.05, 0.1) is 24.0 Å². The topological polar surface area (TPSA) is 81.6 Å². The molecule has 0 saturated carbocycles. The molecule has 0 fully saturated rings. The van der Waals surface area contributed by atoms with Crippen LogP contribution in [0, 0.1) is 9.39 Å². The minimum atomic E-state index is -1.04. The van der Waals surface area contributed by atoms with Crippen molar-refractivity contribution in [1.29, 1.82) is 0 Å². The summed E-state index contributed by atoms with van der Waals surface area (Å²) in [5.74, 6) is -0.920. The maximum absolute atomic E-state index is 13.7. The van der Waals surface area contributed by atoms with Gasteiger partial charge < -0.3 is 20.8 Å². The standard InChI is InChI=1S/C18H20FIN2O3/c1-2-11-7-13(20)4-6-16(11)22-17-8-12(19)3-5-15(17)18(25)21-9-14(24)10-23/h3-8,14,22-24H,2,9-10H2,1H3,(H,21,25). The molecule has 5 nitrogen and oxygen atoms in total. The molecule has 0 saturated heterocycles. The highest BCUT2D eigenvalue weighted by atomic mass is 127. The normalized spacial score (nSPS) is 11.9. The van der Waals surface area contributed by atoms with E-state index in [0.29, 0.717) is 5.69 Å². The molecule has 7 heteroatoms. The molecule has 0 heterocycles. The van der Waals surface area contributed by atoms with Gasteiger partial charge in [-0.2, -0.15) is 0 Å². The minimum Gasteiger partial charge on any atom is -0.394 e. The zero-order chi connectivity index (χ0) is 18.4. The molecule has 0 aliphatic heterocycles. The number of aryl methyl sites for hydroxylation is 1. The molecule has 1 unspecified atom stereocenters. The van der Waals surface area contributed by atoms with E-state index >= 15 is 0 Å². The van der Waals surface area contributed by atoms with E-state index < -0.39 is 24.4 Å². The molecule has 2 aromatic carbocycles. The Balaban J connectivity index is 2.28. The lowest BCUT2D eigenvalue weighted by atomic mass is 10.1. The van der Waals surface area contributed by atoms with Crippen molar-refractivity contribution < 1.29 is 19.4 Å². The maximum Gasteiger partial charge on any atom is 0.253 e. The predicted octanol–water partition coefficient (Wildman–Crippen LogP) is 2.82. The minimum absolute atomic E-state index is 0.0874. The highest BCUT2D eigenvalue weighted by molar-refractivity contribution is 14.1. The van der Waals surface area contributed by atoms with Crippen LogP contribution in [0.5, 0.6) is 0 Å². The van der Waals surface area contributed by atoms with Crippen LogP contribution in [0.1, 0.15) is 22.8 Å². The van der Waals surface area contributed by atoms with Gasteiger partial charge in [-0.05, 0) is 71.0 Å². The number of hydrogen-bond acceptors (Lipinski definition) is 4. The first-order valence-corrected chi connectivity index (χ1v) is 8.94. The Hall–Kier alpha value is -1.71. The van der Waals surface area contributed by atoms with E-state index in [1.54, 1.807) is 0 Å². The van der Waals surface area contributed by atoms with Crippen LogP contribution in [0.3, 0.4) is 0 Å². The third kappa shape index (κ3) is 5.38. The summed E-state index contributed by atoms with van der Waals surface area (Å²) in [5.41, 5.74) is 2.45. The molecule has 0 aliphatic rings. The van der Waals surface area contributed by atoms with Crippen LogP contribution in [0.2, 0.25) is 0 Å². The van der Waals surface area contributed by atoms with Crippen LogP contribution >= 0.6 is 22.6 Å². The number of benzene rings is 2. The van der Waals surface area contributed by atoms with Crippen molar-refractivity contribution in [1.82, 2.24) is 5.32 Å². The van der Waals surface area contributed by atoms with E-state index in [2.05, 4.69) is 33.2 Å². The number of amides is 1. The van der Waals surface area contributed by atoms with E-state index in [1.165, 1.54) is 18.2 Å². The lowest BCUT2D eigenvalue weighted by Crippen LogP contribution is -2.34. The molecule has 0 aliphatic carbocycles. The second kappa shape index (κ2) is 9.12. The van der Waals surface area contributed by atoms with Gasteiger partial charge in [0, 0.05) is 15.8 Å². The Kier molecular flexibility index (Phi) is 7.15. The van der Waals surface area contributed by atoms with E-state index in [0.717, 1.165) is 21.2 Å². The summed E-state index contributed by atoms with van der Waals surface area (Å²) in [6.07, 6.45) is -0.248. The van der Waals surface area contributed by atoms with Gasteiger partial charge in [-0.25, -0.2) is 4.39 Å². The van der Waals surface area contributed by atoms with Gasteiger partial charge in [-0.3, -0.25) is 4.79 Å². The Morgan fingerprint density at radius 1 is 1.24 bits per heavy atom. The molecule has 0 radical (unpaired) electrons. The van der Waals surface area contributed by atoms with Crippen LogP contribution in [0.4, 0.5) is 15.8 Å². The van der Waals surface area contributed by atoms with Crippen molar-refractivity contribution in [3.63, 3.8) is 0 Å². The van der Waals surface area contributed by atoms with Crippen LogP contribution in [-0.4, -0.2) is 35.4 Å². The highest BCUT2D eigenvalue weighted by Gasteiger charge is 2.15. The number of nitrogens with one attached hydrogen (secondary N) is 2. The molecular weight excluding hydrogens is 438 g/mol. The van der Waals surface area contributed by atoms with Gasteiger partial charge >= 0.3 is 0 Å². The lowest BCUT2D eigenvalue weighted by Gasteiger charge is -2.16. The molecule has 4 N–H and O–H groups in total. The average molecular weight is 458 g/mol. The third-order valence-electron chi connectivity index (χ3n) is 3.65. The maximum atomic E-state index is 13.7. The molecule has 0 aromatic heterocycles. The second-order valence-electron chi connectivity index (χ2n) is 5.52. The molecule has 0 spiro atoms. The molecule has 1 amide bonds. The van der Waals surface area contributed by atoms with Gasteiger partial charge in [-0.1, -0.05) is 6.92 Å². The van der Waals surface area contributed by atoms with E-state index in [9.17, 15) is 14.3 Å². The summed E-state index contributed by atoms with van der Waals surface area (Å²) in [7, 11) is 0. The van der Waals surface area contributed by atoms with Crippen LogP contribution in [0.25, 0.3) is 0 Å². The number of carbonyl (C=O) groups excluding carboxylic acids is 1. The lowest BCUT2D eigenvalue weighted by molar-refractivity contribution is 0.0802. The van der Waals surface area contributed by atoms with Gasteiger partial charge in [-0.15, -0.1) is 0 Å². The summed E-state index contributed by atoms with van der Waals surface area (Å²) in [5, 5.41) is 23.8. The van der Waals surface area contributed by atoms with Crippen molar-refractivity contribution in [2.45, 2.75) is 19.4 Å². The fourth-order valence-electron chi connectivity index (χ4n) is 2.31. The van der Waals surface area contributed by atoms with Crippen molar-refractivity contribution in [2.75, 3.05) is 18.5 Å². The number of anilines is 2. The number of halogens is 2. The van der Waals surface area contributed by atoms with Crippen LogP contribution in [-0.2, 0) is 6.42 Å². The summed E-state index contributed by atoms with van der Waals surface area (Å²) in [6.45, 7) is 1.49. The van der Waals surface area contributed by atoms with Gasteiger partial charge in [0.1, 0.15) is 5.82 Å². The Morgan fingerprint density at radius 3 is 2.68 bits per heavy atom. The Morgan fingerprint density at radius 2 is 2.00 bits per heavy atom. The van der Waals surface area contributed by atoms with E-state index in [-0.39, 0.29) is 12.1 Å². The fraction of sp³-hybridized carbons (Fsp3) is 0.278. The SMILES string of the molecule is CCc1cc(I)ccc1Nc1cc(F)ccc1C(=O)NCC(O)CO. The molecule has 1 atom stereocenters. The van der Waals surface area contributed by atoms with Crippen LogP contribution < -0.4 is 10.6 Å². The molecule has 2 rings (SSSR count). The van der Waals surface area contributed by atoms with E-state index in [1.807, 2.05) is 25.1 Å². The number of aliphatic hydroxyl groups is 2. The van der Waals surface area contributed by atoms with Gasteiger partial charge in [0.15, 0.2) is 0 Å². The van der Waals surface area contributed by atoms with Crippen molar-refractivity contribution in [2.24, 2.45) is 0 Å². The van der Waals surface area contributed by atoms with Crippen molar-refractivity contribution >= 4 is 39.9 Å². The van der Waals surface area contributed by atoms with Gasteiger partial charge in [0.25, 0.3) is 5.91 Å². The fourth-order valence-corrected chi connectivity index (χ4v) is 2.87. The summed E-state index contributed by atoms with van der Waals surface area (Å²) >= 11 is 2.22. The zero-order valence-electron chi connectivity index (χ0n) is 13.7. The molecule has 134 valence electrons. The molecular formula is C18H20FIN2O3. The smallest absolute Gasteiger partial charge is 0.253 e. The third-order valence-corrected chi connectivity index (χ3v) is 4.32. The number of carbonyl (C=O) groups is 1. The first-order chi connectivity index (χ1) is 11.9. The second-order valence-corrected chi connectivity index (χ2v) is 6.76. The average Bonchev–Trinajstić information content (AvgIpc) is 2.60. The molecule has 2 aromatic rings. The van der Waals surface area contributed by atoms with Crippen LogP contribution in [0.15, 0.2) is 36.4 Å². The first-order valence-electron chi connectivity index (χ1n) is 7.86. The molecule has 25 heavy (non-hydrogen) atoms. The molecule has 0 bridgehead atoms. The highest BCUT2D eigenvalue weighted by Crippen LogP contribution is 2.26. The number of rotatable bonds is 7. The zero-order valence-corrected chi connectivity index (χ0v) is 15.9. The quantitative estimate of drug-likeness (QED) is 0.482. The predicted molar refractivity (Wildman–Crippen MR) is 104 cm³/mol. The first kappa shape index (κ1) is 19.6. The number of aliphatic hydroxyl groups excluding tert-OH is 2.